The molecule has 6 heteroatoms. The molecule has 0 unspecified atom stereocenters. The molecule has 3 aromatic rings. The van der Waals surface area contributed by atoms with E-state index in [4.69, 9.17) is 11.6 Å². The predicted molar refractivity (Wildman–Crippen MR) is 105 cm³/mol. The molecule has 0 saturated carbocycles. The van der Waals surface area contributed by atoms with Crippen molar-refractivity contribution in [2.24, 2.45) is 5.92 Å². The fourth-order valence-electron chi connectivity index (χ4n) is 3.54. The standard InChI is InChI=1S/C21H21ClN4O/c22-19-3-1-17(2-4-19)21-24-10-16(11-25-21)12-26-13-18(20(27)14-26)9-15-5-7-23-8-6-15/h1-8,10-11,18,20,27H,9,12-14H2/t18-,20-/m1/s1. The SMILES string of the molecule is O[C@@H]1CN(Cc2cnc(-c3ccc(Cl)cc3)nc2)C[C@H]1Cc1ccncc1. The van der Waals surface area contributed by atoms with E-state index in [0.717, 1.165) is 30.6 Å². The van der Waals surface area contributed by atoms with E-state index >= 15 is 0 Å². The molecule has 0 spiro atoms. The van der Waals surface area contributed by atoms with E-state index in [1.54, 1.807) is 12.4 Å². The summed E-state index contributed by atoms with van der Waals surface area (Å²) in [6.45, 7) is 2.28. The van der Waals surface area contributed by atoms with Gasteiger partial charge in [0.05, 0.1) is 6.10 Å². The molecule has 3 heterocycles. The van der Waals surface area contributed by atoms with E-state index in [-0.39, 0.29) is 12.0 Å². The van der Waals surface area contributed by atoms with Gasteiger partial charge in [-0.25, -0.2) is 9.97 Å². The van der Waals surface area contributed by atoms with Crippen molar-refractivity contribution in [1.29, 1.82) is 0 Å². The summed E-state index contributed by atoms with van der Waals surface area (Å²) < 4.78 is 0. The van der Waals surface area contributed by atoms with Crippen LogP contribution in [-0.4, -0.2) is 44.2 Å². The van der Waals surface area contributed by atoms with Gasteiger partial charge < -0.3 is 5.11 Å². The van der Waals surface area contributed by atoms with Crippen LogP contribution in [0.25, 0.3) is 11.4 Å². The Morgan fingerprint density at radius 1 is 0.963 bits per heavy atom. The minimum Gasteiger partial charge on any atom is -0.391 e. The zero-order valence-electron chi connectivity index (χ0n) is 14.9. The van der Waals surface area contributed by atoms with E-state index in [9.17, 15) is 5.11 Å². The second-order valence-corrected chi connectivity index (χ2v) is 7.44. The van der Waals surface area contributed by atoms with Crippen LogP contribution in [0.3, 0.4) is 0 Å². The van der Waals surface area contributed by atoms with Crippen molar-refractivity contribution in [3.8, 4) is 11.4 Å². The lowest BCUT2D eigenvalue weighted by Gasteiger charge is -2.15. The summed E-state index contributed by atoms with van der Waals surface area (Å²) >= 11 is 5.92. The smallest absolute Gasteiger partial charge is 0.159 e. The molecule has 1 saturated heterocycles. The Kier molecular flexibility index (Phi) is 5.43. The number of β-amino-alcohol motifs (C(OH)–C–C–N with tert-alkyl or cyclic N) is 1. The topological polar surface area (TPSA) is 62.1 Å². The Balaban J connectivity index is 1.37. The number of likely N-dealkylation sites (tertiary alicyclic amines) is 1. The van der Waals surface area contributed by atoms with Crippen molar-refractivity contribution in [3.05, 3.63) is 77.3 Å². The van der Waals surface area contributed by atoms with Gasteiger partial charge in [-0.2, -0.15) is 0 Å². The Hall–Kier alpha value is -2.34. The van der Waals surface area contributed by atoms with E-state index in [0.29, 0.717) is 17.4 Å². The highest BCUT2D eigenvalue weighted by Crippen LogP contribution is 2.23. The zero-order valence-corrected chi connectivity index (χ0v) is 15.6. The molecule has 0 amide bonds. The Morgan fingerprint density at radius 3 is 2.37 bits per heavy atom. The molecule has 27 heavy (non-hydrogen) atoms. The van der Waals surface area contributed by atoms with E-state index in [2.05, 4.69) is 19.9 Å². The van der Waals surface area contributed by atoms with Crippen molar-refractivity contribution in [2.45, 2.75) is 19.1 Å². The van der Waals surface area contributed by atoms with Gasteiger partial charge in [0.25, 0.3) is 0 Å². The first kappa shape index (κ1) is 18.0. The van der Waals surface area contributed by atoms with Crippen LogP contribution in [-0.2, 0) is 13.0 Å². The molecule has 1 aromatic carbocycles. The maximum absolute atomic E-state index is 10.4. The van der Waals surface area contributed by atoms with Gasteiger partial charge in [0.2, 0.25) is 0 Å². The monoisotopic (exact) mass is 380 g/mol. The van der Waals surface area contributed by atoms with Crippen molar-refractivity contribution in [2.75, 3.05) is 13.1 Å². The lowest BCUT2D eigenvalue weighted by Crippen LogP contribution is -2.21. The minimum atomic E-state index is -0.313. The molecule has 138 valence electrons. The van der Waals surface area contributed by atoms with Gasteiger partial charge in [0.1, 0.15) is 0 Å². The van der Waals surface area contributed by atoms with Crippen molar-refractivity contribution in [1.82, 2.24) is 19.9 Å². The van der Waals surface area contributed by atoms with E-state index < -0.39 is 0 Å². The Morgan fingerprint density at radius 2 is 1.67 bits per heavy atom. The first-order chi connectivity index (χ1) is 13.2. The van der Waals surface area contributed by atoms with Gasteiger partial charge >= 0.3 is 0 Å². The predicted octanol–water partition coefficient (Wildman–Crippen LogP) is 3.23. The zero-order chi connectivity index (χ0) is 18.6. The summed E-state index contributed by atoms with van der Waals surface area (Å²) in [4.78, 5) is 15.3. The summed E-state index contributed by atoms with van der Waals surface area (Å²) in [5.74, 6) is 0.925. The third-order valence-electron chi connectivity index (χ3n) is 4.94. The van der Waals surface area contributed by atoms with Crippen LogP contribution in [0.2, 0.25) is 5.02 Å². The summed E-state index contributed by atoms with van der Waals surface area (Å²) in [7, 11) is 0. The number of aliphatic hydroxyl groups is 1. The van der Waals surface area contributed by atoms with Gasteiger partial charge in [-0.1, -0.05) is 11.6 Å². The maximum Gasteiger partial charge on any atom is 0.159 e. The van der Waals surface area contributed by atoms with E-state index in [1.807, 2.05) is 48.8 Å². The van der Waals surface area contributed by atoms with Crippen molar-refractivity contribution >= 4 is 11.6 Å². The molecule has 2 aromatic heterocycles. The summed E-state index contributed by atoms with van der Waals surface area (Å²) in [5.41, 5.74) is 3.20. The van der Waals surface area contributed by atoms with Crippen LogP contribution in [0.1, 0.15) is 11.1 Å². The lowest BCUT2D eigenvalue weighted by atomic mass is 9.97. The van der Waals surface area contributed by atoms with E-state index in [1.165, 1.54) is 5.56 Å². The van der Waals surface area contributed by atoms with Crippen molar-refractivity contribution < 1.29 is 5.11 Å². The second kappa shape index (κ2) is 8.13. The molecule has 0 radical (unpaired) electrons. The molecule has 1 aliphatic heterocycles. The van der Waals surface area contributed by atoms with Gasteiger partial charge in [0, 0.05) is 66.5 Å². The molecular weight excluding hydrogens is 360 g/mol. The van der Waals surface area contributed by atoms with Gasteiger partial charge in [-0.15, -0.1) is 0 Å². The van der Waals surface area contributed by atoms with Crippen molar-refractivity contribution in [3.63, 3.8) is 0 Å². The highest BCUT2D eigenvalue weighted by molar-refractivity contribution is 6.30. The first-order valence-corrected chi connectivity index (χ1v) is 9.41. The largest absolute Gasteiger partial charge is 0.391 e. The third-order valence-corrected chi connectivity index (χ3v) is 5.20. The van der Waals surface area contributed by atoms with Crippen LogP contribution in [0.4, 0.5) is 0 Å². The summed E-state index contributed by atoms with van der Waals surface area (Å²) in [6.07, 6.45) is 7.88. The third kappa shape index (κ3) is 4.50. The molecule has 5 nitrogen and oxygen atoms in total. The molecule has 0 bridgehead atoms. The molecular formula is C21H21ClN4O. The molecule has 1 fully saturated rings. The number of aliphatic hydroxyl groups excluding tert-OH is 1. The number of pyridine rings is 1. The molecule has 4 rings (SSSR count). The fourth-order valence-corrected chi connectivity index (χ4v) is 3.66. The average molecular weight is 381 g/mol. The minimum absolute atomic E-state index is 0.238. The number of aromatic nitrogens is 3. The molecule has 1 aliphatic rings. The van der Waals surface area contributed by atoms with Gasteiger partial charge in [-0.3, -0.25) is 9.88 Å². The second-order valence-electron chi connectivity index (χ2n) is 7.00. The van der Waals surface area contributed by atoms with Gasteiger partial charge in [-0.05, 0) is 48.4 Å². The van der Waals surface area contributed by atoms with Crippen LogP contribution >= 0.6 is 11.6 Å². The van der Waals surface area contributed by atoms with Crippen LogP contribution in [0.15, 0.2) is 61.2 Å². The number of rotatable bonds is 5. The van der Waals surface area contributed by atoms with Crippen LogP contribution in [0, 0.1) is 5.92 Å². The van der Waals surface area contributed by atoms with Gasteiger partial charge in [0.15, 0.2) is 5.82 Å². The van der Waals surface area contributed by atoms with Crippen LogP contribution in [0.5, 0.6) is 0 Å². The number of benzene rings is 1. The number of hydrogen-bond acceptors (Lipinski definition) is 5. The maximum atomic E-state index is 10.4. The molecule has 2 atom stereocenters. The number of halogens is 1. The molecule has 0 aliphatic carbocycles. The highest BCUT2D eigenvalue weighted by Gasteiger charge is 2.31. The summed E-state index contributed by atoms with van der Waals surface area (Å²) in [5, 5.41) is 11.1. The molecule has 1 N–H and O–H groups in total. The Bertz CT molecular complexity index is 871. The first-order valence-electron chi connectivity index (χ1n) is 9.03. The van der Waals surface area contributed by atoms with Crippen LogP contribution < -0.4 is 0 Å². The lowest BCUT2D eigenvalue weighted by molar-refractivity contribution is 0.141. The quantitative estimate of drug-likeness (QED) is 0.736. The normalized spacial score (nSPS) is 20.1. The highest BCUT2D eigenvalue weighted by atomic mass is 35.5. The summed E-state index contributed by atoms with van der Waals surface area (Å²) in [6, 6.07) is 11.5. The number of hydrogen-bond donors (Lipinski definition) is 1. The Labute approximate surface area is 163 Å². The average Bonchev–Trinajstić information content (AvgIpc) is 3.03. The number of nitrogens with zero attached hydrogens (tertiary/aromatic N) is 4. The fraction of sp³-hybridized carbons (Fsp3) is 0.286.